The third-order valence-corrected chi connectivity index (χ3v) is 5.31. The molecule has 1 spiro atoms. The summed E-state index contributed by atoms with van der Waals surface area (Å²) in [5.74, 6) is 0.0439. The Hall–Kier alpha value is -3.15. The molecular weight excluding hydrogens is 368 g/mol. The molecule has 1 atom stereocenters. The van der Waals surface area contributed by atoms with E-state index in [0.717, 1.165) is 5.56 Å². The fourth-order valence-electron chi connectivity index (χ4n) is 3.78. The first-order valence-corrected chi connectivity index (χ1v) is 9.69. The van der Waals surface area contributed by atoms with Gasteiger partial charge in [0.25, 0.3) is 5.91 Å². The van der Waals surface area contributed by atoms with Gasteiger partial charge in [-0.1, -0.05) is 36.4 Å². The van der Waals surface area contributed by atoms with E-state index in [-0.39, 0.29) is 18.9 Å². The van der Waals surface area contributed by atoms with Gasteiger partial charge in [-0.15, -0.1) is 0 Å². The van der Waals surface area contributed by atoms with E-state index in [4.69, 9.17) is 9.15 Å². The predicted molar refractivity (Wildman–Crippen MR) is 108 cm³/mol. The predicted octanol–water partition coefficient (Wildman–Crippen LogP) is 4.07. The molecule has 4 rings (SSSR count). The Balaban J connectivity index is 1.56. The highest BCUT2D eigenvalue weighted by Crippen LogP contribution is 2.47. The van der Waals surface area contributed by atoms with Gasteiger partial charge in [-0.05, 0) is 51.3 Å². The van der Waals surface area contributed by atoms with Gasteiger partial charge in [-0.3, -0.25) is 4.79 Å². The van der Waals surface area contributed by atoms with Crippen molar-refractivity contribution in [2.75, 3.05) is 0 Å². The third kappa shape index (κ3) is 3.39. The van der Waals surface area contributed by atoms with Gasteiger partial charge in [0.2, 0.25) is 0 Å². The Morgan fingerprint density at radius 3 is 2.62 bits per heavy atom. The van der Waals surface area contributed by atoms with E-state index in [1.807, 2.05) is 51.1 Å². The fourth-order valence-corrected chi connectivity index (χ4v) is 3.78. The lowest BCUT2D eigenvalue weighted by Crippen LogP contribution is -2.45. The first-order valence-electron chi connectivity index (χ1n) is 9.69. The molecule has 2 aromatic rings. The monoisotopic (exact) mass is 392 g/mol. The molecule has 0 N–H and O–H groups in total. The molecule has 0 saturated carbocycles. The zero-order valence-corrected chi connectivity index (χ0v) is 16.8. The lowest BCUT2D eigenvalue weighted by Gasteiger charge is -2.31. The molecule has 0 saturated heterocycles. The second-order valence-corrected chi connectivity index (χ2v) is 8.47. The summed E-state index contributed by atoms with van der Waals surface area (Å²) in [6.07, 6.45) is 4.02. The molecule has 2 heterocycles. The first kappa shape index (κ1) is 19.2. The van der Waals surface area contributed by atoms with Crippen molar-refractivity contribution in [3.63, 3.8) is 0 Å². The molecule has 1 aliphatic carbocycles. The normalized spacial score (nSPS) is 21.5. The number of esters is 1. The quantitative estimate of drug-likeness (QED) is 0.735. The van der Waals surface area contributed by atoms with E-state index in [0.29, 0.717) is 23.5 Å². The van der Waals surface area contributed by atoms with Gasteiger partial charge in [0.15, 0.2) is 5.76 Å². The molecule has 1 amide bonds. The summed E-state index contributed by atoms with van der Waals surface area (Å²) in [5.41, 5.74) is 0.595. The van der Waals surface area contributed by atoms with Crippen LogP contribution in [0.25, 0.3) is 0 Å². The number of ether oxygens (including phenoxy) is 1. The Bertz CT molecular complexity index is 984. The second kappa shape index (κ2) is 7.03. The molecule has 1 aromatic carbocycles. The van der Waals surface area contributed by atoms with Crippen molar-refractivity contribution in [1.29, 1.82) is 0 Å². The highest BCUT2D eigenvalue weighted by atomic mass is 16.5. The van der Waals surface area contributed by atoms with Crippen molar-refractivity contribution in [2.45, 2.75) is 45.8 Å². The number of nitrogens with zero attached hydrogens (tertiary/aromatic N) is 2. The minimum absolute atomic E-state index is 0.112. The molecule has 1 aliphatic heterocycles. The van der Waals surface area contributed by atoms with Crippen LogP contribution >= 0.6 is 0 Å². The molecule has 0 radical (unpaired) electrons. The van der Waals surface area contributed by atoms with E-state index in [9.17, 15) is 9.59 Å². The number of furan rings is 1. The molecule has 2 aliphatic rings. The molecule has 29 heavy (non-hydrogen) atoms. The fraction of sp³-hybridized carbons (Fsp3) is 0.348. The molecular formula is C23H24N2O4. The molecule has 0 unspecified atom stereocenters. The Morgan fingerprint density at radius 2 is 1.97 bits per heavy atom. The highest BCUT2D eigenvalue weighted by molar-refractivity contribution is 6.20. The van der Waals surface area contributed by atoms with Gasteiger partial charge in [0.05, 0.1) is 11.8 Å². The maximum Gasteiger partial charge on any atom is 0.334 e. The van der Waals surface area contributed by atoms with Crippen LogP contribution in [0.15, 0.2) is 69.9 Å². The molecule has 1 aromatic heterocycles. The summed E-state index contributed by atoms with van der Waals surface area (Å²) in [4.78, 5) is 26.1. The van der Waals surface area contributed by atoms with E-state index in [1.54, 1.807) is 24.5 Å². The zero-order chi connectivity index (χ0) is 20.6. The molecule has 6 nitrogen and oxygen atoms in total. The lowest BCUT2D eigenvalue weighted by molar-refractivity contribution is -0.141. The highest BCUT2D eigenvalue weighted by Gasteiger charge is 2.56. The number of amides is 1. The summed E-state index contributed by atoms with van der Waals surface area (Å²) in [7, 11) is 0. The van der Waals surface area contributed by atoms with Crippen molar-refractivity contribution < 1.29 is 18.7 Å². The van der Waals surface area contributed by atoms with Gasteiger partial charge < -0.3 is 9.15 Å². The Kier molecular flexibility index (Phi) is 4.65. The minimum atomic E-state index is -0.924. The summed E-state index contributed by atoms with van der Waals surface area (Å²) < 4.78 is 11.0. The van der Waals surface area contributed by atoms with Gasteiger partial charge in [0.1, 0.15) is 17.7 Å². The van der Waals surface area contributed by atoms with Crippen molar-refractivity contribution in [3.8, 4) is 0 Å². The number of carbonyl (C=O) groups excluding carboxylic acids is 2. The standard InChI is InChI=1S/C23H24N2O4/c1-22(2,3)25-21(27)23(19(24-25)18-10-7-13-28-18)12-11-17(14-23)20(26)29-15-16-8-5-4-6-9-16/h4-11,13H,12,14-15H2,1-3H3/t23-/m1/s1. The zero-order valence-electron chi connectivity index (χ0n) is 16.8. The lowest BCUT2D eigenvalue weighted by atomic mass is 9.78. The summed E-state index contributed by atoms with van der Waals surface area (Å²) in [6.45, 7) is 6.00. The average Bonchev–Trinajstić information content (AvgIpc) is 3.42. The van der Waals surface area contributed by atoms with Gasteiger partial charge in [0, 0.05) is 5.57 Å². The van der Waals surface area contributed by atoms with E-state index < -0.39 is 16.9 Å². The number of allylic oxidation sites excluding steroid dienone is 1. The number of hydrogen-bond acceptors (Lipinski definition) is 5. The maximum atomic E-state index is 13.4. The van der Waals surface area contributed by atoms with E-state index in [2.05, 4.69) is 5.10 Å². The van der Waals surface area contributed by atoms with Crippen molar-refractivity contribution in [2.24, 2.45) is 10.5 Å². The third-order valence-electron chi connectivity index (χ3n) is 5.31. The van der Waals surface area contributed by atoms with Crippen LogP contribution in [0.2, 0.25) is 0 Å². The molecule has 0 bridgehead atoms. The van der Waals surface area contributed by atoms with Gasteiger partial charge in [-0.2, -0.15) is 5.10 Å². The SMILES string of the molecule is CC(C)(C)N1N=C(c2ccco2)[C@]2(CC=C(C(=O)OCc3ccccc3)C2)C1=O. The first-order chi connectivity index (χ1) is 13.8. The maximum absolute atomic E-state index is 13.4. The summed E-state index contributed by atoms with van der Waals surface area (Å²) in [5, 5.41) is 6.14. The van der Waals surface area contributed by atoms with Crippen molar-refractivity contribution in [3.05, 3.63) is 71.7 Å². The van der Waals surface area contributed by atoms with Gasteiger partial charge >= 0.3 is 5.97 Å². The van der Waals surface area contributed by atoms with Crippen LogP contribution in [0, 0.1) is 5.41 Å². The number of hydrazone groups is 1. The van der Waals surface area contributed by atoms with Gasteiger partial charge in [-0.25, -0.2) is 9.80 Å². The van der Waals surface area contributed by atoms with Crippen LogP contribution in [0.3, 0.4) is 0 Å². The second-order valence-electron chi connectivity index (χ2n) is 8.47. The summed E-state index contributed by atoms with van der Waals surface area (Å²) in [6, 6.07) is 13.1. The van der Waals surface area contributed by atoms with Crippen LogP contribution in [0.4, 0.5) is 0 Å². The van der Waals surface area contributed by atoms with Crippen molar-refractivity contribution in [1.82, 2.24) is 5.01 Å². The number of hydrogen-bond donors (Lipinski definition) is 0. The van der Waals surface area contributed by atoms with Crippen LogP contribution in [-0.4, -0.2) is 28.1 Å². The number of benzene rings is 1. The number of rotatable bonds is 4. The molecule has 150 valence electrons. The van der Waals surface area contributed by atoms with Crippen molar-refractivity contribution >= 4 is 17.6 Å². The largest absolute Gasteiger partial charge is 0.463 e. The summed E-state index contributed by atoms with van der Waals surface area (Å²) >= 11 is 0. The van der Waals surface area contributed by atoms with Crippen LogP contribution in [0.5, 0.6) is 0 Å². The molecule has 0 fully saturated rings. The topological polar surface area (TPSA) is 72.1 Å². The average molecular weight is 392 g/mol. The Morgan fingerprint density at radius 1 is 1.21 bits per heavy atom. The van der Waals surface area contributed by atoms with Crippen LogP contribution < -0.4 is 0 Å². The van der Waals surface area contributed by atoms with E-state index >= 15 is 0 Å². The smallest absolute Gasteiger partial charge is 0.334 e. The minimum Gasteiger partial charge on any atom is -0.463 e. The molecule has 6 heteroatoms. The van der Waals surface area contributed by atoms with E-state index in [1.165, 1.54) is 5.01 Å². The van der Waals surface area contributed by atoms with Crippen LogP contribution in [-0.2, 0) is 20.9 Å². The Labute approximate surface area is 169 Å². The van der Waals surface area contributed by atoms with Crippen LogP contribution in [0.1, 0.15) is 44.9 Å². The number of carbonyl (C=O) groups is 2.